The summed E-state index contributed by atoms with van der Waals surface area (Å²) in [4.78, 5) is 35.8. The average molecular weight is 499 g/mol. The Bertz CT molecular complexity index is 1260. The second-order valence-electron chi connectivity index (χ2n) is 10.5. The van der Waals surface area contributed by atoms with Gasteiger partial charge in [0.1, 0.15) is 11.2 Å². The molecular weight excluding hydrogens is 468 g/mol. The fraction of sp³-hybridized carbons (Fsp3) is 0.520. The Morgan fingerprint density at radius 2 is 2.11 bits per heavy atom. The second-order valence-corrected chi connectivity index (χ2v) is 10.9. The van der Waals surface area contributed by atoms with Crippen molar-refractivity contribution in [3.8, 4) is 0 Å². The van der Waals surface area contributed by atoms with Crippen LogP contribution in [0.2, 0.25) is 5.02 Å². The minimum atomic E-state index is -0.639. The van der Waals surface area contributed by atoms with Crippen molar-refractivity contribution in [1.29, 1.82) is 0 Å². The molecule has 35 heavy (non-hydrogen) atoms. The van der Waals surface area contributed by atoms with Crippen molar-refractivity contribution in [2.24, 2.45) is 0 Å². The van der Waals surface area contributed by atoms with Gasteiger partial charge in [0.2, 0.25) is 0 Å². The molecule has 1 saturated carbocycles. The first-order valence-electron chi connectivity index (χ1n) is 12.1. The van der Waals surface area contributed by atoms with E-state index in [0.29, 0.717) is 41.5 Å². The van der Waals surface area contributed by atoms with Gasteiger partial charge in [-0.05, 0) is 39.7 Å². The number of rotatable bonds is 3. The fourth-order valence-corrected chi connectivity index (χ4v) is 5.38. The van der Waals surface area contributed by atoms with Crippen LogP contribution in [0.1, 0.15) is 67.2 Å². The highest BCUT2D eigenvalue weighted by Gasteiger charge is 2.47. The molecule has 0 bridgehead atoms. The zero-order valence-electron chi connectivity index (χ0n) is 20.3. The molecule has 4 heterocycles. The highest BCUT2D eigenvalue weighted by atomic mass is 35.5. The van der Waals surface area contributed by atoms with Gasteiger partial charge < -0.3 is 19.9 Å². The summed E-state index contributed by atoms with van der Waals surface area (Å²) in [6.45, 7) is 7.36. The van der Waals surface area contributed by atoms with E-state index in [4.69, 9.17) is 16.3 Å². The molecule has 2 atom stereocenters. The molecule has 2 amide bonds. The van der Waals surface area contributed by atoms with Gasteiger partial charge in [0.25, 0.3) is 11.8 Å². The first kappa shape index (κ1) is 23.8. The number of halogens is 1. The lowest BCUT2D eigenvalue weighted by molar-refractivity contribution is -0.132. The Kier molecular flexibility index (Phi) is 6.09. The number of H-pyrrole nitrogens is 1. The number of carbonyl (C=O) groups excluding carboxylic acids is 2. The van der Waals surface area contributed by atoms with Gasteiger partial charge in [-0.1, -0.05) is 24.4 Å². The number of amides is 2. The number of aromatic nitrogens is 4. The van der Waals surface area contributed by atoms with Crippen molar-refractivity contribution in [3.63, 3.8) is 0 Å². The van der Waals surface area contributed by atoms with Crippen LogP contribution in [-0.2, 0) is 10.3 Å². The van der Waals surface area contributed by atoms with Crippen LogP contribution < -0.4 is 5.32 Å². The molecule has 0 aromatic carbocycles. The predicted molar refractivity (Wildman–Crippen MR) is 133 cm³/mol. The van der Waals surface area contributed by atoms with Crippen molar-refractivity contribution in [2.75, 3.05) is 19.7 Å². The highest BCUT2D eigenvalue weighted by molar-refractivity contribution is 6.38. The fourth-order valence-electron chi connectivity index (χ4n) is 5.10. The Balaban J connectivity index is 1.35. The maximum Gasteiger partial charge on any atom is 0.257 e. The Hall–Kier alpha value is -2.91. The molecule has 0 unspecified atom stereocenters. The molecule has 9 nitrogen and oxygen atoms in total. The largest absolute Gasteiger partial charge is 0.369 e. The number of nitrogens with one attached hydrogen (secondary N) is 2. The molecule has 2 N–H and O–H groups in total. The highest BCUT2D eigenvalue weighted by Crippen LogP contribution is 2.36. The van der Waals surface area contributed by atoms with Crippen molar-refractivity contribution in [1.82, 2.24) is 30.0 Å². The average Bonchev–Trinajstić information content (AvgIpc) is 3.51. The monoisotopic (exact) mass is 498 g/mol. The van der Waals surface area contributed by atoms with Crippen LogP contribution in [-0.4, -0.2) is 67.8 Å². The van der Waals surface area contributed by atoms with Crippen molar-refractivity contribution < 1.29 is 14.3 Å². The van der Waals surface area contributed by atoms with E-state index in [-0.39, 0.29) is 23.4 Å². The van der Waals surface area contributed by atoms with Gasteiger partial charge in [0.05, 0.1) is 47.1 Å². The lowest BCUT2D eigenvalue weighted by atomic mass is 9.78. The molecule has 3 aromatic rings. The van der Waals surface area contributed by atoms with E-state index in [2.05, 4.69) is 20.4 Å². The van der Waals surface area contributed by atoms with Crippen molar-refractivity contribution >= 4 is 34.4 Å². The van der Waals surface area contributed by atoms with E-state index in [0.717, 1.165) is 31.1 Å². The van der Waals surface area contributed by atoms with Gasteiger partial charge >= 0.3 is 0 Å². The summed E-state index contributed by atoms with van der Waals surface area (Å²) in [5, 5.41) is 8.66. The SMILES string of the molecule is CC(C)(C)n1cc(C(=O)N[C@H]2CCCC[C@@]23CN(C(=O)c2cnc4[nH]ccc4c2Cl)CCO3)cn1. The number of fused-ring (bicyclic) bond motifs is 1. The molecule has 2 fully saturated rings. The summed E-state index contributed by atoms with van der Waals surface area (Å²) in [6.07, 6.45) is 10.2. The van der Waals surface area contributed by atoms with E-state index < -0.39 is 5.60 Å². The van der Waals surface area contributed by atoms with Crippen molar-refractivity contribution in [2.45, 2.75) is 63.6 Å². The van der Waals surface area contributed by atoms with Crippen molar-refractivity contribution in [3.05, 3.63) is 47.0 Å². The van der Waals surface area contributed by atoms with E-state index in [1.54, 1.807) is 28.2 Å². The van der Waals surface area contributed by atoms with Crippen LogP contribution in [0.4, 0.5) is 0 Å². The molecule has 1 spiro atoms. The molecule has 5 rings (SSSR count). The van der Waals surface area contributed by atoms with E-state index >= 15 is 0 Å². The van der Waals surface area contributed by atoms with Gasteiger partial charge in [-0.3, -0.25) is 14.3 Å². The van der Waals surface area contributed by atoms with E-state index in [1.165, 1.54) is 6.20 Å². The smallest absolute Gasteiger partial charge is 0.257 e. The summed E-state index contributed by atoms with van der Waals surface area (Å²) in [5.41, 5.74) is 0.691. The van der Waals surface area contributed by atoms with Crippen LogP contribution in [0.5, 0.6) is 0 Å². The molecule has 0 radical (unpaired) electrons. The Morgan fingerprint density at radius 3 is 2.89 bits per heavy atom. The van der Waals surface area contributed by atoms with Crippen LogP contribution in [0.3, 0.4) is 0 Å². The second kappa shape index (κ2) is 8.95. The third kappa shape index (κ3) is 4.43. The summed E-state index contributed by atoms with van der Waals surface area (Å²) < 4.78 is 8.12. The number of pyridine rings is 1. The molecule has 1 aliphatic carbocycles. The number of hydrogen-bond acceptors (Lipinski definition) is 5. The molecule has 10 heteroatoms. The minimum Gasteiger partial charge on any atom is -0.369 e. The first-order valence-corrected chi connectivity index (χ1v) is 12.5. The zero-order chi connectivity index (χ0) is 24.8. The van der Waals surface area contributed by atoms with Gasteiger partial charge in [0.15, 0.2) is 0 Å². The first-order chi connectivity index (χ1) is 16.7. The Labute approximate surface area is 209 Å². The van der Waals surface area contributed by atoms with Crippen LogP contribution in [0.15, 0.2) is 30.9 Å². The molecule has 186 valence electrons. The quantitative estimate of drug-likeness (QED) is 0.572. The third-order valence-electron chi connectivity index (χ3n) is 7.06. The topological polar surface area (TPSA) is 105 Å². The number of carbonyl (C=O) groups is 2. The number of aromatic amines is 1. The molecule has 1 saturated heterocycles. The summed E-state index contributed by atoms with van der Waals surface area (Å²) in [7, 11) is 0. The van der Waals surface area contributed by atoms with E-state index in [9.17, 15) is 9.59 Å². The number of nitrogens with zero attached hydrogens (tertiary/aromatic N) is 4. The zero-order valence-corrected chi connectivity index (χ0v) is 21.1. The summed E-state index contributed by atoms with van der Waals surface area (Å²) in [6, 6.07) is 1.61. The molecular formula is C25H31ClN6O3. The van der Waals surface area contributed by atoms with Crippen LogP contribution in [0.25, 0.3) is 11.0 Å². The number of morpholine rings is 1. The van der Waals surface area contributed by atoms with Crippen LogP contribution >= 0.6 is 11.6 Å². The summed E-state index contributed by atoms with van der Waals surface area (Å²) in [5.74, 6) is -0.348. The summed E-state index contributed by atoms with van der Waals surface area (Å²) >= 11 is 6.57. The standard InChI is InChI=1S/C25H31ClN6O3/c1-24(2,3)32-14-16(12-29-32)22(33)30-19-6-4-5-8-25(19)15-31(10-11-35-25)23(34)18-13-28-21-17(20(18)26)7-9-27-21/h7,9,12-14,19H,4-6,8,10-11,15H2,1-3H3,(H,27,28)(H,30,33)/t19-,25+/m0/s1. The number of hydrogen-bond donors (Lipinski definition) is 2. The Morgan fingerprint density at radius 1 is 1.29 bits per heavy atom. The molecule has 1 aliphatic heterocycles. The molecule has 2 aliphatic rings. The van der Waals surface area contributed by atoms with Crippen LogP contribution in [0, 0.1) is 0 Å². The van der Waals surface area contributed by atoms with E-state index in [1.807, 2.05) is 26.8 Å². The lowest BCUT2D eigenvalue weighted by Gasteiger charge is -2.49. The third-order valence-corrected chi connectivity index (χ3v) is 7.47. The van der Waals surface area contributed by atoms with Gasteiger partial charge in [-0.15, -0.1) is 0 Å². The lowest BCUT2D eigenvalue weighted by Crippen LogP contribution is -2.64. The van der Waals surface area contributed by atoms with Gasteiger partial charge in [0, 0.05) is 30.5 Å². The van der Waals surface area contributed by atoms with Gasteiger partial charge in [-0.25, -0.2) is 4.98 Å². The number of ether oxygens (including phenoxy) is 1. The van der Waals surface area contributed by atoms with Gasteiger partial charge in [-0.2, -0.15) is 5.10 Å². The maximum atomic E-state index is 13.5. The maximum absolute atomic E-state index is 13.5. The predicted octanol–water partition coefficient (Wildman–Crippen LogP) is 3.75. The molecule has 3 aromatic heterocycles. The minimum absolute atomic E-state index is 0.171. The normalized spacial score (nSPS) is 23.1.